The van der Waals surface area contributed by atoms with Crippen molar-refractivity contribution in [2.75, 3.05) is 16.4 Å². The highest BCUT2D eigenvalue weighted by Crippen LogP contribution is 2.31. The predicted octanol–water partition coefficient (Wildman–Crippen LogP) is 3.66. The van der Waals surface area contributed by atoms with Crippen LogP contribution in [0.4, 0.5) is 17.1 Å². The van der Waals surface area contributed by atoms with E-state index < -0.39 is 0 Å². The Bertz CT molecular complexity index is 1000. The molecule has 1 aromatic heterocycles. The number of carbonyl (C=O) groups is 1. The highest BCUT2D eigenvalue weighted by Gasteiger charge is 2.26. The van der Waals surface area contributed by atoms with E-state index in [0.29, 0.717) is 10.9 Å². The van der Waals surface area contributed by atoms with Gasteiger partial charge in [0.15, 0.2) is 5.16 Å². The first-order chi connectivity index (χ1) is 13.2. The Morgan fingerprint density at radius 1 is 1.04 bits per heavy atom. The molecule has 4 rings (SSSR count). The molecule has 2 aromatic carbocycles. The molecule has 1 unspecified atom stereocenters. The summed E-state index contributed by atoms with van der Waals surface area (Å²) in [5, 5.41) is 6.88. The molecule has 0 spiro atoms. The van der Waals surface area contributed by atoms with Gasteiger partial charge in [0.05, 0.1) is 6.04 Å². The van der Waals surface area contributed by atoms with Crippen LogP contribution in [0.15, 0.2) is 76.8 Å². The SMILES string of the molecule is O=C(CC1CSc2nccc(=O)n21)Nc1ccc(Nc2ccccc2)cc1. The van der Waals surface area contributed by atoms with Gasteiger partial charge in [0.25, 0.3) is 5.56 Å². The number of hydrogen-bond acceptors (Lipinski definition) is 5. The van der Waals surface area contributed by atoms with Gasteiger partial charge < -0.3 is 10.6 Å². The number of amides is 1. The third-order valence-corrected chi connectivity index (χ3v) is 5.38. The Balaban J connectivity index is 1.37. The summed E-state index contributed by atoms with van der Waals surface area (Å²) < 4.78 is 1.61. The van der Waals surface area contributed by atoms with Gasteiger partial charge in [-0.25, -0.2) is 4.98 Å². The first-order valence-electron chi connectivity index (χ1n) is 8.61. The molecule has 1 aliphatic rings. The number of nitrogens with zero attached hydrogens (tertiary/aromatic N) is 2. The number of para-hydroxylation sites is 1. The van der Waals surface area contributed by atoms with Crippen molar-refractivity contribution in [1.29, 1.82) is 0 Å². The van der Waals surface area contributed by atoms with Crippen molar-refractivity contribution in [3.8, 4) is 0 Å². The largest absolute Gasteiger partial charge is 0.356 e. The number of hydrogen-bond donors (Lipinski definition) is 2. The van der Waals surface area contributed by atoms with E-state index in [1.165, 1.54) is 24.0 Å². The summed E-state index contributed by atoms with van der Waals surface area (Å²) in [7, 11) is 0. The molecule has 1 aliphatic heterocycles. The Kier molecular flexibility index (Phi) is 4.93. The van der Waals surface area contributed by atoms with Gasteiger partial charge in [-0.05, 0) is 36.4 Å². The normalized spacial score (nSPS) is 15.2. The molecule has 1 amide bonds. The van der Waals surface area contributed by atoms with E-state index in [9.17, 15) is 9.59 Å². The van der Waals surface area contributed by atoms with Crippen LogP contribution in [-0.2, 0) is 4.79 Å². The highest BCUT2D eigenvalue weighted by atomic mass is 32.2. The highest BCUT2D eigenvalue weighted by molar-refractivity contribution is 7.99. The summed E-state index contributed by atoms with van der Waals surface area (Å²) in [6, 6.07) is 18.7. The molecule has 3 aromatic rings. The fourth-order valence-corrected chi connectivity index (χ4v) is 4.11. The van der Waals surface area contributed by atoms with Crippen molar-refractivity contribution in [2.45, 2.75) is 17.6 Å². The number of benzene rings is 2. The fraction of sp³-hybridized carbons (Fsp3) is 0.150. The quantitative estimate of drug-likeness (QED) is 0.663. The van der Waals surface area contributed by atoms with Crippen LogP contribution in [0.5, 0.6) is 0 Å². The van der Waals surface area contributed by atoms with Gasteiger partial charge in [-0.3, -0.25) is 14.2 Å². The fourth-order valence-electron chi connectivity index (χ4n) is 2.99. The van der Waals surface area contributed by atoms with E-state index in [0.717, 1.165) is 17.1 Å². The number of thioether (sulfide) groups is 1. The van der Waals surface area contributed by atoms with Gasteiger partial charge >= 0.3 is 0 Å². The smallest absolute Gasteiger partial charge is 0.254 e. The lowest BCUT2D eigenvalue weighted by Gasteiger charge is -2.13. The second-order valence-corrected chi connectivity index (χ2v) is 7.21. The van der Waals surface area contributed by atoms with E-state index in [1.54, 1.807) is 4.57 Å². The van der Waals surface area contributed by atoms with E-state index in [-0.39, 0.29) is 23.9 Å². The van der Waals surface area contributed by atoms with Crippen LogP contribution in [0.25, 0.3) is 0 Å². The lowest BCUT2D eigenvalue weighted by molar-refractivity contribution is -0.116. The van der Waals surface area contributed by atoms with E-state index in [4.69, 9.17) is 0 Å². The summed E-state index contributed by atoms with van der Waals surface area (Å²) in [4.78, 5) is 28.6. The van der Waals surface area contributed by atoms with Crippen molar-refractivity contribution in [1.82, 2.24) is 9.55 Å². The third-order valence-electron chi connectivity index (χ3n) is 4.27. The molecule has 0 saturated carbocycles. The van der Waals surface area contributed by atoms with Crippen molar-refractivity contribution < 1.29 is 4.79 Å². The van der Waals surface area contributed by atoms with Gasteiger partial charge in [-0.15, -0.1) is 0 Å². The van der Waals surface area contributed by atoms with E-state index in [1.807, 2.05) is 54.6 Å². The Morgan fingerprint density at radius 2 is 1.74 bits per heavy atom. The molecule has 2 heterocycles. The zero-order valence-electron chi connectivity index (χ0n) is 14.5. The van der Waals surface area contributed by atoms with Crippen LogP contribution in [0.2, 0.25) is 0 Å². The number of carbonyl (C=O) groups excluding carboxylic acids is 1. The Morgan fingerprint density at radius 3 is 2.52 bits per heavy atom. The lowest BCUT2D eigenvalue weighted by Crippen LogP contribution is -2.26. The third kappa shape index (κ3) is 4.03. The first kappa shape index (κ1) is 17.4. The summed E-state index contributed by atoms with van der Waals surface area (Å²) >= 11 is 1.50. The Hall–Kier alpha value is -3.06. The van der Waals surface area contributed by atoms with Gasteiger partial charge in [0.1, 0.15) is 0 Å². The second-order valence-electron chi connectivity index (χ2n) is 6.22. The maximum absolute atomic E-state index is 12.4. The second kappa shape index (κ2) is 7.67. The molecule has 0 aliphatic carbocycles. The molecule has 0 saturated heterocycles. The summed E-state index contributed by atoms with van der Waals surface area (Å²) in [5.41, 5.74) is 2.56. The van der Waals surface area contributed by atoms with Crippen LogP contribution in [0, 0.1) is 0 Å². The Labute approximate surface area is 160 Å². The maximum atomic E-state index is 12.4. The number of rotatable bonds is 5. The zero-order chi connectivity index (χ0) is 18.6. The minimum absolute atomic E-state index is 0.112. The van der Waals surface area contributed by atoms with Crippen LogP contribution in [0.1, 0.15) is 12.5 Å². The summed E-state index contributed by atoms with van der Waals surface area (Å²) in [6.45, 7) is 0. The monoisotopic (exact) mass is 378 g/mol. The molecular weight excluding hydrogens is 360 g/mol. The van der Waals surface area contributed by atoms with Crippen LogP contribution in [-0.4, -0.2) is 21.2 Å². The number of fused-ring (bicyclic) bond motifs is 1. The van der Waals surface area contributed by atoms with Crippen molar-refractivity contribution in [2.24, 2.45) is 0 Å². The van der Waals surface area contributed by atoms with Crippen molar-refractivity contribution in [3.05, 3.63) is 77.2 Å². The van der Waals surface area contributed by atoms with Gasteiger partial charge in [0.2, 0.25) is 5.91 Å². The molecule has 7 heteroatoms. The number of nitrogens with one attached hydrogen (secondary N) is 2. The van der Waals surface area contributed by atoms with E-state index in [2.05, 4.69) is 15.6 Å². The average Bonchev–Trinajstić information content (AvgIpc) is 3.08. The molecule has 0 fully saturated rings. The standard InChI is InChI=1S/C20H18N4O2S/c25-18(12-17-13-27-20-21-11-10-19(26)24(17)20)23-16-8-6-15(7-9-16)22-14-4-2-1-3-5-14/h1-11,17,22H,12-13H2,(H,23,25). The molecule has 136 valence electrons. The molecule has 0 radical (unpaired) electrons. The molecule has 1 atom stereocenters. The summed E-state index contributed by atoms with van der Waals surface area (Å²) in [6.07, 6.45) is 1.75. The minimum Gasteiger partial charge on any atom is -0.356 e. The van der Waals surface area contributed by atoms with Gasteiger partial charge in [-0.2, -0.15) is 0 Å². The molecule has 27 heavy (non-hydrogen) atoms. The van der Waals surface area contributed by atoms with Crippen LogP contribution in [0.3, 0.4) is 0 Å². The van der Waals surface area contributed by atoms with Gasteiger partial charge in [0, 0.05) is 41.5 Å². The van der Waals surface area contributed by atoms with Gasteiger partial charge in [-0.1, -0.05) is 30.0 Å². The predicted molar refractivity (Wildman–Crippen MR) is 108 cm³/mol. The first-order valence-corrected chi connectivity index (χ1v) is 9.60. The van der Waals surface area contributed by atoms with Crippen LogP contribution < -0.4 is 16.2 Å². The van der Waals surface area contributed by atoms with Crippen LogP contribution >= 0.6 is 11.8 Å². The zero-order valence-corrected chi connectivity index (χ0v) is 15.3. The number of anilines is 3. The molecule has 6 nitrogen and oxygen atoms in total. The molecular formula is C20H18N4O2S. The summed E-state index contributed by atoms with van der Waals surface area (Å²) in [5.74, 6) is 0.563. The lowest BCUT2D eigenvalue weighted by atomic mass is 10.2. The van der Waals surface area contributed by atoms with Crippen molar-refractivity contribution >= 4 is 34.7 Å². The topological polar surface area (TPSA) is 76.0 Å². The minimum atomic E-state index is -0.162. The average molecular weight is 378 g/mol. The van der Waals surface area contributed by atoms with Crippen molar-refractivity contribution in [3.63, 3.8) is 0 Å². The molecule has 0 bridgehead atoms. The van der Waals surface area contributed by atoms with E-state index >= 15 is 0 Å². The molecule has 2 N–H and O–H groups in total. The maximum Gasteiger partial charge on any atom is 0.254 e. The number of aromatic nitrogens is 2.